The van der Waals surface area contributed by atoms with Gasteiger partial charge in [-0.05, 0) is 27.5 Å². The summed E-state index contributed by atoms with van der Waals surface area (Å²) in [7, 11) is 0. The van der Waals surface area contributed by atoms with Crippen LogP contribution in [-0.2, 0) is 12.3 Å². The maximum Gasteiger partial charge on any atom is 0.0187 e. The van der Waals surface area contributed by atoms with Crippen molar-refractivity contribution in [3.63, 3.8) is 0 Å². The van der Waals surface area contributed by atoms with Crippen molar-refractivity contribution < 1.29 is 0 Å². The van der Waals surface area contributed by atoms with Gasteiger partial charge in [0.1, 0.15) is 0 Å². The lowest BCUT2D eigenvalue weighted by atomic mass is 9.99. The minimum absolute atomic E-state index is 0.584. The Morgan fingerprint density at radius 1 is 1.00 bits per heavy atom. The highest BCUT2D eigenvalue weighted by Gasteiger charge is 2.03. The molecule has 2 aromatic rings. The Bertz CT molecular complexity index is 517. The van der Waals surface area contributed by atoms with Gasteiger partial charge in [0, 0.05) is 12.3 Å². The number of hydrogen-bond donors (Lipinski definition) is 1. The Balaban J connectivity index is 2.18. The van der Waals surface area contributed by atoms with Gasteiger partial charge in [-0.1, -0.05) is 62.4 Å². The van der Waals surface area contributed by atoms with Crippen LogP contribution in [0.25, 0.3) is 11.1 Å². The molecule has 0 aliphatic carbocycles. The van der Waals surface area contributed by atoms with Gasteiger partial charge in [0.25, 0.3) is 0 Å². The molecule has 0 heterocycles. The van der Waals surface area contributed by atoms with Crippen molar-refractivity contribution >= 4 is 11.8 Å². The zero-order valence-corrected chi connectivity index (χ0v) is 12.4. The van der Waals surface area contributed by atoms with Gasteiger partial charge < -0.3 is 5.73 Å². The van der Waals surface area contributed by atoms with E-state index in [0.717, 1.165) is 5.75 Å². The molecule has 0 aliphatic heterocycles. The van der Waals surface area contributed by atoms with Crippen molar-refractivity contribution in [2.24, 2.45) is 5.73 Å². The summed E-state index contributed by atoms with van der Waals surface area (Å²) >= 11 is 1.97. The van der Waals surface area contributed by atoms with Crippen molar-refractivity contribution in [2.75, 3.05) is 0 Å². The van der Waals surface area contributed by atoms with E-state index >= 15 is 0 Å². The van der Waals surface area contributed by atoms with Gasteiger partial charge in [-0.3, -0.25) is 0 Å². The normalized spacial score (nSPS) is 10.9. The molecule has 100 valence electrons. The van der Waals surface area contributed by atoms with E-state index < -0.39 is 0 Å². The third-order valence-electron chi connectivity index (χ3n) is 3.09. The van der Waals surface area contributed by atoms with Crippen LogP contribution >= 0.6 is 11.8 Å². The van der Waals surface area contributed by atoms with Crippen molar-refractivity contribution in [3.8, 4) is 11.1 Å². The molecule has 0 bridgehead atoms. The molecule has 0 unspecified atom stereocenters. The quantitative estimate of drug-likeness (QED) is 0.869. The lowest BCUT2D eigenvalue weighted by Gasteiger charge is -2.09. The Morgan fingerprint density at radius 2 is 1.68 bits per heavy atom. The molecule has 0 spiro atoms. The van der Waals surface area contributed by atoms with E-state index in [1.54, 1.807) is 0 Å². The molecule has 1 nitrogen and oxygen atoms in total. The average Bonchev–Trinajstić information content (AvgIpc) is 2.45. The molecule has 2 heteroatoms. The fraction of sp³-hybridized carbons (Fsp3) is 0.294. The monoisotopic (exact) mass is 271 g/mol. The molecule has 0 atom stereocenters. The van der Waals surface area contributed by atoms with Crippen LogP contribution in [0.2, 0.25) is 0 Å². The van der Waals surface area contributed by atoms with Crippen molar-refractivity contribution in [3.05, 3.63) is 59.7 Å². The fourth-order valence-electron chi connectivity index (χ4n) is 2.02. The molecule has 2 N–H and O–H groups in total. The molecule has 0 saturated heterocycles. The first kappa shape index (κ1) is 14.2. The summed E-state index contributed by atoms with van der Waals surface area (Å²) in [6.07, 6.45) is 0. The lowest BCUT2D eigenvalue weighted by molar-refractivity contribution is 1.07. The summed E-state index contributed by atoms with van der Waals surface area (Å²) in [4.78, 5) is 0. The Kier molecular flexibility index (Phi) is 5.06. The number of nitrogens with two attached hydrogens (primary N) is 1. The molecule has 2 aromatic carbocycles. The molecule has 2 rings (SSSR count). The second-order valence-corrected chi connectivity index (χ2v) is 6.48. The van der Waals surface area contributed by atoms with Gasteiger partial charge in [0.05, 0.1) is 0 Å². The van der Waals surface area contributed by atoms with E-state index in [9.17, 15) is 0 Å². The minimum Gasteiger partial charge on any atom is -0.326 e. The van der Waals surface area contributed by atoms with Crippen molar-refractivity contribution in [2.45, 2.75) is 31.4 Å². The topological polar surface area (TPSA) is 26.0 Å². The van der Waals surface area contributed by atoms with Crippen LogP contribution in [0.1, 0.15) is 25.0 Å². The van der Waals surface area contributed by atoms with Gasteiger partial charge in [-0.15, -0.1) is 0 Å². The Morgan fingerprint density at radius 3 is 2.32 bits per heavy atom. The van der Waals surface area contributed by atoms with Crippen LogP contribution in [0.3, 0.4) is 0 Å². The fourth-order valence-corrected chi connectivity index (χ4v) is 2.74. The molecule has 0 fully saturated rings. The second kappa shape index (κ2) is 6.78. The summed E-state index contributed by atoms with van der Waals surface area (Å²) in [5.41, 5.74) is 10.9. The zero-order chi connectivity index (χ0) is 13.7. The molecule has 0 aliphatic rings. The van der Waals surface area contributed by atoms with Crippen LogP contribution in [0.15, 0.2) is 48.5 Å². The summed E-state index contributed by atoms with van der Waals surface area (Å²) < 4.78 is 0. The Labute approximate surface area is 120 Å². The van der Waals surface area contributed by atoms with Crippen LogP contribution in [0.5, 0.6) is 0 Å². The van der Waals surface area contributed by atoms with Gasteiger partial charge >= 0.3 is 0 Å². The van der Waals surface area contributed by atoms with E-state index in [1.807, 2.05) is 17.8 Å². The number of rotatable bonds is 5. The summed E-state index contributed by atoms with van der Waals surface area (Å²) in [5.74, 6) is 1.08. The van der Waals surface area contributed by atoms with Gasteiger partial charge in [0.2, 0.25) is 0 Å². The molecule has 0 aromatic heterocycles. The van der Waals surface area contributed by atoms with Crippen LogP contribution in [-0.4, -0.2) is 5.25 Å². The number of hydrogen-bond acceptors (Lipinski definition) is 2. The highest BCUT2D eigenvalue weighted by Crippen LogP contribution is 2.25. The van der Waals surface area contributed by atoms with E-state index in [4.69, 9.17) is 5.73 Å². The standard InChI is InChI=1S/C17H21NS/c1-13(2)19-12-14-7-9-15(10-8-14)17-6-4-3-5-16(17)11-18/h3-10,13H,11-12,18H2,1-2H3. The summed E-state index contributed by atoms with van der Waals surface area (Å²) in [6, 6.07) is 17.2. The third kappa shape index (κ3) is 3.85. The second-order valence-electron chi connectivity index (χ2n) is 4.92. The first-order valence-corrected chi connectivity index (χ1v) is 7.74. The maximum atomic E-state index is 5.80. The smallest absolute Gasteiger partial charge is 0.0187 e. The van der Waals surface area contributed by atoms with Crippen LogP contribution in [0, 0.1) is 0 Å². The zero-order valence-electron chi connectivity index (χ0n) is 11.6. The molecular formula is C17H21NS. The van der Waals surface area contributed by atoms with E-state index in [0.29, 0.717) is 11.8 Å². The van der Waals surface area contributed by atoms with Gasteiger partial charge in [-0.2, -0.15) is 11.8 Å². The molecule has 0 amide bonds. The van der Waals surface area contributed by atoms with E-state index in [-0.39, 0.29) is 0 Å². The summed E-state index contributed by atoms with van der Waals surface area (Å²) in [6.45, 7) is 5.05. The van der Waals surface area contributed by atoms with E-state index in [2.05, 4.69) is 56.3 Å². The predicted molar refractivity (Wildman–Crippen MR) is 86.2 cm³/mol. The molecule has 0 radical (unpaired) electrons. The minimum atomic E-state index is 0.584. The maximum absolute atomic E-state index is 5.80. The molecular weight excluding hydrogens is 250 g/mol. The summed E-state index contributed by atoms with van der Waals surface area (Å²) in [5, 5.41) is 0.678. The average molecular weight is 271 g/mol. The number of benzene rings is 2. The van der Waals surface area contributed by atoms with Crippen LogP contribution < -0.4 is 5.73 Å². The molecule has 0 saturated carbocycles. The van der Waals surface area contributed by atoms with Crippen LogP contribution in [0.4, 0.5) is 0 Å². The first-order chi connectivity index (χ1) is 9.20. The van der Waals surface area contributed by atoms with E-state index in [1.165, 1.54) is 22.3 Å². The third-order valence-corrected chi connectivity index (χ3v) is 4.25. The number of thioether (sulfide) groups is 1. The predicted octanol–water partition coefficient (Wildman–Crippen LogP) is 4.45. The SMILES string of the molecule is CC(C)SCc1ccc(-c2ccccc2CN)cc1. The highest BCUT2D eigenvalue weighted by molar-refractivity contribution is 7.99. The highest BCUT2D eigenvalue weighted by atomic mass is 32.2. The molecule has 19 heavy (non-hydrogen) atoms. The Hall–Kier alpha value is -1.25. The first-order valence-electron chi connectivity index (χ1n) is 6.69. The lowest BCUT2D eigenvalue weighted by Crippen LogP contribution is -1.98. The van der Waals surface area contributed by atoms with Gasteiger partial charge in [0.15, 0.2) is 0 Å². The van der Waals surface area contributed by atoms with Gasteiger partial charge in [-0.25, -0.2) is 0 Å². The van der Waals surface area contributed by atoms with Crippen molar-refractivity contribution in [1.29, 1.82) is 0 Å². The largest absolute Gasteiger partial charge is 0.326 e. The van der Waals surface area contributed by atoms with Crippen molar-refractivity contribution in [1.82, 2.24) is 0 Å².